The van der Waals surface area contributed by atoms with Crippen LogP contribution in [0.15, 0.2) is 36.5 Å². The molecule has 0 amide bonds. The van der Waals surface area contributed by atoms with Gasteiger partial charge >= 0.3 is 7.12 Å². The van der Waals surface area contributed by atoms with Crippen molar-refractivity contribution in [2.24, 2.45) is 0 Å². The Balaban J connectivity index is 1.88. The molecule has 1 aromatic heterocycles. The van der Waals surface area contributed by atoms with E-state index in [9.17, 15) is 5.26 Å². The van der Waals surface area contributed by atoms with Gasteiger partial charge in [0, 0.05) is 11.7 Å². The summed E-state index contributed by atoms with van der Waals surface area (Å²) in [5.41, 5.74) is 1.28. The minimum atomic E-state index is -0.570. The van der Waals surface area contributed by atoms with Crippen LogP contribution in [0.4, 0.5) is 0 Å². The van der Waals surface area contributed by atoms with Gasteiger partial charge in [-0.15, -0.1) is 0 Å². The Morgan fingerprint density at radius 1 is 1.13 bits per heavy atom. The standard InChI is InChI=1S/C17H20BN3O2/c1-16(2)17(3,4)23-18(22-16)14-12-21(20-15(14)10-19)11-13-8-6-5-7-9-13/h5-9,12H,11H2,1-4H3. The summed E-state index contributed by atoms with van der Waals surface area (Å²) >= 11 is 0. The van der Waals surface area contributed by atoms with Gasteiger partial charge in [0.15, 0.2) is 5.69 Å². The summed E-state index contributed by atoms with van der Waals surface area (Å²) in [4.78, 5) is 0. The van der Waals surface area contributed by atoms with E-state index in [-0.39, 0.29) is 0 Å². The maximum Gasteiger partial charge on any atom is 0.499 e. The van der Waals surface area contributed by atoms with Gasteiger partial charge in [0.05, 0.1) is 17.7 Å². The van der Waals surface area contributed by atoms with Gasteiger partial charge in [0.25, 0.3) is 0 Å². The van der Waals surface area contributed by atoms with Gasteiger partial charge in [0.2, 0.25) is 0 Å². The van der Waals surface area contributed by atoms with E-state index in [1.54, 1.807) is 4.68 Å². The van der Waals surface area contributed by atoms with Crippen LogP contribution in [0.25, 0.3) is 0 Å². The van der Waals surface area contributed by atoms with Crippen molar-refractivity contribution >= 4 is 12.6 Å². The first-order valence-corrected chi connectivity index (χ1v) is 7.69. The monoisotopic (exact) mass is 309 g/mol. The topological polar surface area (TPSA) is 60.1 Å². The van der Waals surface area contributed by atoms with E-state index in [1.165, 1.54) is 0 Å². The highest BCUT2D eigenvalue weighted by Crippen LogP contribution is 2.36. The van der Waals surface area contributed by atoms with Crippen molar-refractivity contribution in [3.8, 4) is 6.07 Å². The quantitative estimate of drug-likeness (QED) is 0.815. The molecule has 2 heterocycles. The number of aromatic nitrogens is 2. The van der Waals surface area contributed by atoms with Gasteiger partial charge in [0.1, 0.15) is 6.07 Å². The number of nitriles is 1. The van der Waals surface area contributed by atoms with E-state index in [1.807, 2.05) is 64.2 Å². The van der Waals surface area contributed by atoms with Crippen LogP contribution < -0.4 is 5.46 Å². The van der Waals surface area contributed by atoms with Crippen LogP contribution in [0, 0.1) is 11.3 Å². The highest BCUT2D eigenvalue weighted by atomic mass is 16.7. The Bertz CT molecular complexity index is 731. The lowest BCUT2D eigenvalue weighted by molar-refractivity contribution is 0.00578. The van der Waals surface area contributed by atoms with Gasteiger partial charge in [-0.05, 0) is 33.3 Å². The Morgan fingerprint density at radius 3 is 2.30 bits per heavy atom. The summed E-state index contributed by atoms with van der Waals surface area (Å²) in [6, 6.07) is 12.1. The van der Waals surface area contributed by atoms with Crippen molar-refractivity contribution in [1.82, 2.24) is 9.78 Å². The summed E-state index contributed by atoms with van der Waals surface area (Å²) in [5, 5.41) is 13.7. The smallest absolute Gasteiger partial charge is 0.399 e. The average Bonchev–Trinajstić information content (AvgIpc) is 2.98. The molecule has 0 unspecified atom stereocenters. The van der Waals surface area contributed by atoms with Crippen LogP contribution in [0.1, 0.15) is 39.0 Å². The fourth-order valence-electron chi connectivity index (χ4n) is 2.52. The molecule has 118 valence electrons. The van der Waals surface area contributed by atoms with Crippen molar-refractivity contribution < 1.29 is 9.31 Å². The van der Waals surface area contributed by atoms with Crippen molar-refractivity contribution in [3.63, 3.8) is 0 Å². The highest BCUT2D eigenvalue weighted by molar-refractivity contribution is 6.62. The van der Waals surface area contributed by atoms with E-state index < -0.39 is 18.3 Å². The molecule has 3 rings (SSSR count). The van der Waals surface area contributed by atoms with Crippen LogP contribution in [0.3, 0.4) is 0 Å². The first-order valence-electron chi connectivity index (χ1n) is 7.69. The lowest BCUT2D eigenvalue weighted by Gasteiger charge is -2.32. The maximum atomic E-state index is 9.38. The van der Waals surface area contributed by atoms with Gasteiger partial charge in [-0.25, -0.2) is 0 Å². The van der Waals surface area contributed by atoms with Crippen molar-refractivity contribution in [2.45, 2.75) is 45.4 Å². The normalized spacial score (nSPS) is 18.8. The van der Waals surface area contributed by atoms with Crippen molar-refractivity contribution in [2.75, 3.05) is 0 Å². The number of benzene rings is 1. The zero-order valence-electron chi connectivity index (χ0n) is 13.9. The molecule has 1 aliphatic rings. The van der Waals surface area contributed by atoms with Crippen LogP contribution in [0.5, 0.6) is 0 Å². The maximum absolute atomic E-state index is 9.38. The van der Waals surface area contributed by atoms with Crippen molar-refractivity contribution in [1.29, 1.82) is 5.26 Å². The fraction of sp³-hybridized carbons (Fsp3) is 0.412. The molecule has 1 saturated heterocycles. The minimum absolute atomic E-state index is 0.347. The lowest BCUT2D eigenvalue weighted by Crippen LogP contribution is -2.41. The third-order valence-electron chi connectivity index (χ3n) is 4.59. The third kappa shape index (κ3) is 2.90. The third-order valence-corrected chi connectivity index (χ3v) is 4.59. The van der Waals surface area contributed by atoms with Crippen LogP contribution in [-0.2, 0) is 15.9 Å². The van der Waals surface area contributed by atoms with E-state index >= 15 is 0 Å². The van der Waals surface area contributed by atoms with Crippen LogP contribution >= 0.6 is 0 Å². The molecule has 0 spiro atoms. The van der Waals surface area contributed by atoms with E-state index in [4.69, 9.17) is 9.31 Å². The predicted molar refractivity (Wildman–Crippen MR) is 88.2 cm³/mol. The first-order chi connectivity index (χ1) is 10.8. The SMILES string of the molecule is CC1(C)OB(c2cn(Cc3ccccc3)nc2C#N)OC1(C)C. The Kier molecular flexibility index (Phi) is 3.79. The van der Waals surface area contributed by atoms with Gasteiger partial charge in [-0.1, -0.05) is 30.3 Å². The Hall–Kier alpha value is -2.10. The van der Waals surface area contributed by atoms with Crippen molar-refractivity contribution in [3.05, 3.63) is 47.8 Å². The fourth-order valence-corrected chi connectivity index (χ4v) is 2.52. The summed E-state index contributed by atoms with van der Waals surface area (Å²) < 4.78 is 13.8. The summed E-state index contributed by atoms with van der Waals surface area (Å²) in [6.07, 6.45) is 1.84. The largest absolute Gasteiger partial charge is 0.499 e. The number of hydrogen-bond donors (Lipinski definition) is 0. The summed E-state index contributed by atoms with van der Waals surface area (Å²) in [7, 11) is -0.570. The summed E-state index contributed by atoms with van der Waals surface area (Å²) in [6.45, 7) is 8.58. The van der Waals surface area contributed by atoms with Crippen LogP contribution in [0.2, 0.25) is 0 Å². The Morgan fingerprint density at radius 2 is 1.74 bits per heavy atom. The molecule has 0 atom stereocenters. The molecule has 0 radical (unpaired) electrons. The molecule has 1 aromatic carbocycles. The van der Waals surface area contributed by atoms with E-state index in [0.717, 1.165) is 5.56 Å². The summed E-state index contributed by atoms with van der Waals surface area (Å²) in [5.74, 6) is 0. The molecular weight excluding hydrogens is 289 g/mol. The molecule has 1 aliphatic heterocycles. The molecule has 0 saturated carbocycles. The zero-order valence-corrected chi connectivity index (χ0v) is 13.9. The molecule has 0 bridgehead atoms. The zero-order chi connectivity index (χ0) is 16.7. The van der Waals surface area contributed by atoms with Gasteiger partial charge < -0.3 is 9.31 Å². The number of rotatable bonds is 3. The molecule has 2 aromatic rings. The average molecular weight is 309 g/mol. The molecule has 0 N–H and O–H groups in total. The Labute approximate surface area is 137 Å². The minimum Gasteiger partial charge on any atom is -0.399 e. The second-order valence-corrected chi connectivity index (χ2v) is 6.82. The predicted octanol–water partition coefficient (Wildman–Crippen LogP) is 2.10. The second kappa shape index (κ2) is 5.52. The molecule has 23 heavy (non-hydrogen) atoms. The molecular formula is C17H20BN3O2. The number of hydrogen-bond acceptors (Lipinski definition) is 4. The molecule has 6 heteroatoms. The number of nitrogens with zero attached hydrogens (tertiary/aromatic N) is 3. The van der Waals surface area contributed by atoms with E-state index in [0.29, 0.717) is 17.7 Å². The first kappa shape index (κ1) is 15.8. The highest BCUT2D eigenvalue weighted by Gasteiger charge is 2.52. The second-order valence-electron chi connectivity index (χ2n) is 6.82. The molecule has 0 aliphatic carbocycles. The molecule has 1 fully saturated rings. The van der Waals surface area contributed by atoms with Gasteiger partial charge in [-0.2, -0.15) is 10.4 Å². The molecule has 5 nitrogen and oxygen atoms in total. The van der Waals surface area contributed by atoms with Crippen LogP contribution in [-0.4, -0.2) is 28.1 Å². The van der Waals surface area contributed by atoms with Gasteiger partial charge in [-0.3, -0.25) is 4.68 Å². The van der Waals surface area contributed by atoms with E-state index in [2.05, 4.69) is 11.2 Å². The lowest BCUT2D eigenvalue weighted by atomic mass is 9.79.